The molecule has 4 heteroatoms. The van der Waals surface area contributed by atoms with E-state index in [0.29, 0.717) is 11.5 Å². The van der Waals surface area contributed by atoms with E-state index >= 15 is 0 Å². The van der Waals surface area contributed by atoms with E-state index in [1.165, 1.54) is 15.1 Å². The molecule has 2 N–H and O–H groups in total. The quantitative estimate of drug-likeness (QED) is 0.922. The highest BCUT2D eigenvalue weighted by Gasteiger charge is 2.35. The largest absolute Gasteiger partial charge is 0.326 e. The van der Waals surface area contributed by atoms with Gasteiger partial charge in [0.15, 0.2) is 0 Å². The summed E-state index contributed by atoms with van der Waals surface area (Å²) < 4.78 is 1.19. The Morgan fingerprint density at radius 2 is 2.18 bits per heavy atom. The maximum Gasteiger partial charge on any atom is 0.0702 e. The van der Waals surface area contributed by atoms with Crippen LogP contribution < -0.4 is 5.73 Å². The molecule has 0 saturated carbocycles. The number of halogens is 1. The molecule has 2 unspecified atom stereocenters. The van der Waals surface area contributed by atoms with Gasteiger partial charge in [0.05, 0.1) is 9.83 Å². The zero-order valence-electron chi connectivity index (χ0n) is 10.7. The maximum absolute atomic E-state index is 6.20. The van der Waals surface area contributed by atoms with Gasteiger partial charge in [0, 0.05) is 17.5 Å². The first kappa shape index (κ1) is 13.5. The zero-order valence-corrected chi connectivity index (χ0v) is 13.1. The second-order valence-corrected chi connectivity index (χ2v) is 8.33. The topological polar surface area (TPSA) is 29.3 Å². The summed E-state index contributed by atoms with van der Waals surface area (Å²) in [6.07, 6.45) is 1.27. The van der Waals surface area contributed by atoms with Crippen molar-refractivity contribution >= 4 is 27.3 Å². The molecule has 96 valence electrons. The number of nitrogens with zero attached hydrogens (tertiary/aromatic N) is 1. The number of nitrogens with two attached hydrogens (primary N) is 1. The average Bonchev–Trinajstić information content (AvgIpc) is 2.73. The smallest absolute Gasteiger partial charge is 0.0702 e. The Morgan fingerprint density at radius 1 is 1.47 bits per heavy atom. The predicted octanol–water partition coefficient (Wildman–Crippen LogP) is 3.63. The van der Waals surface area contributed by atoms with Gasteiger partial charge >= 0.3 is 0 Å². The minimum Gasteiger partial charge on any atom is -0.326 e. The van der Waals surface area contributed by atoms with Crippen molar-refractivity contribution in [2.45, 2.75) is 39.3 Å². The molecule has 2 heterocycles. The average molecular weight is 317 g/mol. The highest BCUT2D eigenvalue weighted by atomic mass is 79.9. The Labute approximate surface area is 116 Å². The van der Waals surface area contributed by atoms with Crippen molar-refractivity contribution in [3.63, 3.8) is 0 Å². The van der Waals surface area contributed by atoms with Gasteiger partial charge in [-0.25, -0.2) is 0 Å². The number of hydrogen-bond donors (Lipinski definition) is 1. The van der Waals surface area contributed by atoms with Crippen LogP contribution in [0.1, 0.15) is 38.1 Å². The highest BCUT2D eigenvalue weighted by molar-refractivity contribution is 9.11. The summed E-state index contributed by atoms with van der Waals surface area (Å²) in [6.45, 7) is 9.11. The summed E-state index contributed by atoms with van der Waals surface area (Å²) in [5, 5.41) is 0. The molecule has 0 aliphatic carbocycles. The summed E-state index contributed by atoms with van der Waals surface area (Å²) in [4.78, 5) is 3.92. The van der Waals surface area contributed by atoms with Gasteiger partial charge < -0.3 is 5.73 Å². The van der Waals surface area contributed by atoms with Crippen LogP contribution >= 0.6 is 27.3 Å². The van der Waals surface area contributed by atoms with E-state index in [9.17, 15) is 0 Å². The van der Waals surface area contributed by atoms with Crippen LogP contribution in [0.25, 0.3) is 0 Å². The van der Waals surface area contributed by atoms with E-state index in [1.807, 2.05) is 0 Å². The van der Waals surface area contributed by atoms with E-state index in [1.54, 1.807) is 11.3 Å². The van der Waals surface area contributed by atoms with Gasteiger partial charge in [0.25, 0.3) is 0 Å². The lowest BCUT2D eigenvalue weighted by Gasteiger charge is -2.31. The monoisotopic (exact) mass is 316 g/mol. The van der Waals surface area contributed by atoms with Gasteiger partial charge in [0.2, 0.25) is 0 Å². The van der Waals surface area contributed by atoms with Gasteiger partial charge in [-0.1, -0.05) is 13.8 Å². The Morgan fingerprint density at radius 3 is 2.59 bits per heavy atom. The van der Waals surface area contributed by atoms with Crippen molar-refractivity contribution in [3.8, 4) is 0 Å². The second kappa shape index (κ2) is 5.00. The third kappa shape index (κ3) is 3.11. The van der Waals surface area contributed by atoms with E-state index in [-0.39, 0.29) is 6.04 Å². The summed E-state index contributed by atoms with van der Waals surface area (Å²) in [5.41, 5.74) is 6.63. The van der Waals surface area contributed by atoms with E-state index in [4.69, 9.17) is 5.73 Å². The van der Waals surface area contributed by atoms with Crippen LogP contribution in [0.5, 0.6) is 0 Å². The Balaban J connectivity index is 2.19. The summed E-state index contributed by atoms with van der Waals surface area (Å²) in [7, 11) is 0. The fourth-order valence-corrected chi connectivity index (χ4v) is 4.33. The van der Waals surface area contributed by atoms with Crippen molar-refractivity contribution < 1.29 is 0 Å². The van der Waals surface area contributed by atoms with Gasteiger partial charge in [-0.05, 0) is 53.4 Å². The first-order chi connectivity index (χ1) is 7.89. The standard InChI is InChI=1S/C13H21BrN2S/c1-9(15)12(10-4-5-11(14)17-10)16-7-6-13(2,3)8-16/h4-5,9,12H,6-8,15H2,1-3H3. The van der Waals surface area contributed by atoms with Crippen molar-refractivity contribution in [3.05, 3.63) is 20.8 Å². The SMILES string of the molecule is CC(N)C(c1ccc(Br)s1)N1CCC(C)(C)C1. The number of likely N-dealkylation sites (tertiary alicyclic amines) is 1. The first-order valence-electron chi connectivity index (χ1n) is 6.14. The van der Waals surface area contributed by atoms with Crippen LogP contribution in [0, 0.1) is 5.41 Å². The third-order valence-electron chi connectivity index (χ3n) is 3.48. The van der Waals surface area contributed by atoms with Crippen molar-refractivity contribution in [1.29, 1.82) is 0 Å². The van der Waals surface area contributed by atoms with E-state index < -0.39 is 0 Å². The van der Waals surface area contributed by atoms with Gasteiger partial charge in [-0.2, -0.15) is 0 Å². The van der Waals surface area contributed by atoms with Crippen LogP contribution in [-0.4, -0.2) is 24.0 Å². The lowest BCUT2D eigenvalue weighted by atomic mass is 9.93. The molecule has 0 bridgehead atoms. The molecule has 1 fully saturated rings. The first-order valence-corrected chi connectivity index (χ1v) is 7.75. The summed E-state index contributed by atoms with van der Waals surface area (Å²) in [6, 6.07) is 4.87. The van der Waals surface area contributed by atoms with E-state index in [0.717, 1.165) is 13.1 Å². The fourth-order valence-electron chi connectivity index (χ4n) is 2.65. The maximum atomic E-state index is 6.20. The lowest BCUT2D eigenvalue weighted by molar-refractivity contribution is 0.200. The highest BCUT2D eigenvalue weighted by Crippen LogP contribution is 2.38. The second-order valence-electron chi connectivity index (χ2n) is 5.83. The van der Waals surface area contributed by atoms with Gasteiger partial charge in [0.1, 0.15) is 0 Å². The molecular weight excluding hydrogens is 296 g/mol. The lowest BCUT2D eigenvalue weighted by Crippen LogP contribution is -2.38. The molecular formula is C13H21BrN2S. The molecule has 1 saturated heterocycles. The van der Waals surface area contributed by atoms with Crippen LogP contribution in [0.3, 0.4) is 0 Å². The zero-order chi connectivity index (χ0) is 12.6. The number of rotatable bonds is 3. The molecule has 1 aromatic rings. The molecule has 2 atom stereocenters. The Kier molecular flexibility index (Phi) is 3.98. The van der Waals surface area contributed by atoms with Crippen molar-refractivity contribution in [2.75, 3.05) is 13.1 Å². The van der Waals surface area contributed by atoms with Crippen LogP contribution in [0.4, 0.5) is 0 Å². The summed E-state index contributed by atoms with van der Waals surface area (Å²) in [5.74, 6) is 0. The molecule has 0 radical (unpaired) electrons. The predicted molar refractivity (Wildman–Crippen MR) is 78.4 cm³/mol. The molecule has 0 amide bonds. The van der Waals surface area contributed by atoms with Crippen molar-refractivity contribution in [1.82, 2.24) is 4.90 Å². The van der Waals surface area contributed by atoms with E-state index in [2.05, 4.69) is 53.7 Å². The van der Waals surface area contributed by atoms with Crippen molar-refractivity contribution in [2.24, 2.45) is 11.1 Å². The molecule has 0 aromatic carbocycles. The number of hydrogen-bond acceptors (Lipinski definition) is 3. The Hall–Kier alpha value is 0.1000. The molecule has 0 spiro atoms. The number of thiophene rings is 1. The minimum atomic E-state index is 0.175. The minimum absolute atomic E-state index is 0.175. The molecule has 2 rings (SSSR count). The normalized spacial score (nSPS) is 23.8. The van der Waals surface area contributed by atoms with Crippen LogP contribution in [-0.2, 0) is 0 Å². The Bertz CT molecular complexity index is 387. The molecule has 1 aliphatic heterocycles. The third-order valence-corrected chi connectivity index (χ3v) is 5.18. The molecule has 1 aromatic heterocycles. The van der Waals surface area contributed by atoms with Gasteiger partial charge in [-0.15, -0.1) is 11.3 Å². The summed E-state index contributed by atoms with van der Waals surface area (Å²) >= 11 is 5.35. The van der Waals surface area contributed by atoms with Crippen LogP contribution in [0.2, 0.25) is 0 Å². The molecule has 1 aliphatic rings. The molecule has 2 nitrogen and oxygen atoms in total. The van der Waals surface area contributed by atoms with Gasteiger partial charge in [-0.3, -0.25) is 4.90 Å². The molecule has 17 heavy (non-hydrogen) atoms. The fraction of sp³-hybridized carbons (Fsp3) is 0.692. The van der Waals surface area contributed by atoms with Crippen LogP contribution in [0.15, 0.2) is 15.9 Å².